The fraction of sp³-hybridized carbons (Fsp3) is 0.318. The minimum atomic E-state index is -0.147. The van der Waals surface area contributed by atoms with E-state index in [1.807, 2.05) is 41.3 Å². The molecule has 1 aliphatic rings. The molecular weight excluding hydrogens is 370 g/mol. The van der Waals surface area contributed by atoms with Gasteiger partial charge in [-0.3, -0.25) is 14.3 Å². The van der Waals surface area contributed by atoms with Gasteiger partial charge in [-0.15, -0.1) is 0 Å². The van der Waals surface area contributed by atoms with E-state index in [2.05, 4.69) is 5.10 Å². The highest BCUT2D eigenvalue weighted by Gasteiger charge is 2.32. The van der Waals surface area contributed by atoms with Gasteiger partial charge in [0.1, 0.15) is 18.0 Å². The van der Waals surface area contributed by atoms with E-state index >= 15 is 0 Å². The quantitative estimate of drug-likeness (QED) is 0.666. The molecule has 3 aromatic rings. The van der Waals surface area contributed by atoms with E-state index in [4.69, 9.17) is 9.47 Å². The number of aromatic nitrogens is 2. The highest BCUT2D eigenvalue weighted by Crippen LogP contribution is 2.38. The molecule has 1 amide bonds. The summed E-state index contributed by atoms with van der Waals surface area (Å²) in [6.07, 6.45) is 3.06. The first-order valence-corrected chi connectivity index (χ1v) is 9.58. The number of para-hydroxylation sites is 1. The lowest BCUT2D eigenvalue weighted by Crippen LogP contribution is -2.34. The molecule has 4 rings (SSSR count). The van der Waals surface area contributed by atoms with Crippen LogP contribution in [0.4, 0.5) is 0 Å². The number of methoxy groups -OCH3 is 2. The standard InChI is InChI=1S/C22H23N3O4/c1-28-15-9-10-17(21(12-15)29-2)18-8-5-11-24(18)22(27)14-25-19-7-4-3-6-16(19)20(26)13-23-25/h3-4,6-7,9-10,12-13,18H,5,8,11,14H2,1-2H3. The van der Waals surface area contributed by atoms with E-state index < -0.39 is 0 Å². The highest BCUT2D eigenvalue weighted by molar-refractivity contribution is 5.82. The first kappa shape index (κ1) is 19.0. The minimum absolute atomic E-state index is 0.0355. The lowest BCUT2D eigenvalue weighted by molar-refractivity contribution is -0.132. The van der Waals surface area contributed by atoms with Gasteiger partial charge in [-0.1, -0.05) is 12.1 Å². The summed E-state index contributed by atoms with van der Waals surface area (Å²) in [5.74, 6) is 1.39. The Kier molecular flexibility index (Phi) is 5.20. The Labute approximate surface area is 168 Å². The number of benzene rings is 2. The van der Waals surface area contributed by atoms with Gasteiger partial charge in [0.25, 0.3) is 0 Å². The van der Waals surface area contributed by atoms with Crippen molar-refractivity contribution in [3.05, 3.63) is 64.4 Å². The average molecular weight is 393 g/mol. The summed E-state index contributed by atoms with van der Waals surface area (Å²) in [6.45, 7) is 0.757. The molecule has 0 spiro atoms. The second-order valence-electron chi connectivity index (χ2n) is 7.04. The topological polar surface area (TPSA) is 73.7 Å². The van der Waals surface area contributed by atoms with Gasteiger partial charge >= 0.3 is 0 Å². The van der Waals surface area contributed by atoms with Gasteiger partial charge < -0.3 is 14.4 Å². The van der Waals surface area contributed by atoms with Crippen LogP contribution in [0, 0.1) is 0 Å². The Morgan fingerprint density at radius 1 is 1.17 bits per heavy atom. The number of carbonyl (C=O) groups is 1. The van der Waals surface area contributed by atoms with Crippen LogP contribution >= 0.6 is 0 Å². The molecule has 0 aliphatic carbocycles. The Hall–Kier alpha value is -3.35. The van der Waals surface area contributed by atoms with Crippen LogP contribution in [0.5, 0.6) is 11.5 Å². The van der Waals surface area contributed by atoms with Gasteiger partial charge in [0.05, 0.1) is 32.0 Å². The summed E-state index contributed by atoms with van der Waals surface area (Å²) >= 11 is 0. The lowest BCUT2D eigenvalue weighted by Gasteiger charge is -2.27. The zero-order valence-corrected chi connectivity index (χ0v) is 16.5. The number of carbonyl (C=O) groups excluding carboxylic acids is 1. The third-order valence-corrected chi connectivity index (χ3v) is 5.42. The van der Waals surface area contributed by atoms with Crippen LogP contribution in [-0.2, 0) is 11.3 Å². The zero-order valence-electron chi connectivity index (χ0n) is 16.5. The van der Waals surface area contributed by atoms with Crippen molar-refractivity contribution >= 4 is 16.8 Å². The molecule has 2 aromatic carbocycles. The van der Waals surface area contributed by atoms with Crippen molar-refractivity contribution in [1.82, 2.24) is 14.7 Å². The molecule has 150 valence electrons. The lowest BCUT2D eigenvalue weighted by atomic mass is 10.0. The molecule has 29 heavy (non-hydrogen) atoms. The molecule has 1 aromatic heterocycles. The highest BCUT2D eigenvalue weighted by atomic mass is 16.5. The first-order chi connectivity index (χ1) is 14.1. The van der Waals surface area contributed by atoms with E-state index in [9.17, 15) is 9.59 Å². The average Bonchev–Trinajstić information content (AvgIpc) is 3.25. The van der Waals surface area contributed by atoms with Crippen molar-refractivity contribution in [2.45, 2.75) is 25.4 Å². The molecule has 1 saturated heterocycles. The second kappa shape index (κ2) is 7.95. The van der Waals surface area contributed by atoms with E-state index in [0.717, 1.165) is 18.4 Å². The fourth-order valence-electron chi connectivity index (χ4n) is 3.99. The van der Waals surface area contributed by atoms with Gasteiger partial charge in [-0.2, -0.15) is 5.10 Å². The molecule has 1 atom stereocenters. The predicted molar refractivity (Wildman–Crippen MR) is 109 cm³/mol. The molecule has 1 aliphatic heterocycles. The number of amides is 1. The normalized spacial score (nSPS) is 16.2. The summed E-state index contributed by atoms with van der Waals surface area (Å²) < 4.78 is 12.4. The number of hydrogen-bond acceptors (Lipinski definition) is 5. The summed E-state index contributed by atoms with van der Waals surface area (Å²) in [7, 11) is 3.23. The molecular formula is C22H23N3O4. The monoisotopic (exact) mass is 393 g/mol. The van der Waals surface area contributed by atoms with Gasteiger partial charge in [0, 0.05) is 23.6 Å². The molecule has 0 radical (unpaired) electrons. The smallest absolute Gasteiger partial charge is 0.244 e. The Morgan fingerprint density at radius 3 is 2.79 bits per heavy atom. The van der Waals surface area contributed by atoms with Crippen LogP contribution in [0.15, 0.2) is 53.5 Å². The molecule has 7 nitrogen and oxygen atoms in total. The summed E-state index contributed by atoms with van der Waals surface area (Å²) in [5, 5.41) is 4.75. The van der Waals surface area contributed by atoms with E-state index in [-0.39, 0.29) is 23.9 Å². The van der Waals surface area contributed by atoms with Crippen LogP contribution < -0.4 is 14.9 Å². The van der Waals surface area contributed by atoms with Crippen LogP contribution in [0.1, 0.15) is 24.4 Å². The number of fused-ring (bicyclic) bond motifs is 1. The zero-order chi connectivity index (χ0) is 20.4. The largest absolute Gasteiger partial charge is 0.497 e. The van der Waals surface area contributed by atoms with Crippen LogP contribution in [0.3, 0.4) is 0 Å². The summed E-state index contributed by atoms with van der Waals surface area (Å²) in [4.78, 5) is 27.1. The van der Waals surface area contributed by atoms with E-state index in [1.54, 1.807) is 25.0 Å². The molecule has 0 N–H and O–H groups in total. The second-order valence-corrected chi connectivity index (χ2v) is 7.04. The predicted octanol–water partition coefficient (Wildman–Crippen LogP) is 2.78. The number of rotatable bonds is 5. The molecule has 7 heteroatoms. The van der Waals surface area contributed by atoms with Crippen LogP contribution in [0.25, 0.3) is 10.9 Å². The Bertz CT molecular complexity index is 1110. The molecule has 1 unspecified atom stereocenters. The van der Waals surface area contributed by atoms with Crippen LogP contribution in [-0.4, -0.2) is 41.4 Å². The maximum atomic E-state index is 13.2. The van der Waals surface area contributed by atoms with Gasteiger partial charge in [0.15, 0.2) is 0 Å². The Balaban J connectivity index is 1.63. The maximum absolute atomic E-state index is 13.2. The van der Waals surface area contributed by atoms with Crippen molar-refractivity contribution in [1.29, 1.82) is 0 Å². The van der Waals surface area contributed by atoms with Crippen molar-refractivity contribution in [2.24, 2.45) is 0 Å². The van der Waals surface area contributed by atoms with E-state index in [0.29, 0.717) is 28.9 Å². The summed E-state index contributed by atoms with van der Waals surface area (Å²) in [6, 6.07) is 12.8. The van der Waals surface area contributed by atoms with Gasteiger partial charge in [-0.05, 0) is 37.1 Å². The Morgan fingerprint density at radius 2 is 2.00 bits per heavy atom. The molecule has 0 saturated carbocycles. The van der Waals surface area contributed by atoms with Crippen molar-refractivity contribution in [2.75, 3.05) is 20.8 Å². The van der Waals surface area contributed by atoms with Gasteiger partial charge in [0.2, 0.25) is 11.3 Å². The minimum Gasteiger partial charge on any atom is -0.497 e. The number of hydrogen-bond donors (Lipinski definition) is 0. The van der Waals surface area contributed by atoms with Gasteiger partial charge in [-0.25, -0.2) is 0 Å². The molecule has 2 heterocycles. The van der Waals surface area contributed by atoms with Crippen molar-refractivity contribution in [3.8, 4) is 11.5 Å². The number of ether oxygens (including phenoxy) is 2. The fourth-order valence-corrected chi connectivity index (χ4v) is 3.99. The van der Waals surface area contributed by atoms with Crippen molar-refractivity contribution in [3.63, 3.8) is 0 Å². The molecule has 1 fully saturated rings. The van der Waals surface area contributed by atoms with Crippen molar-refractivity contribution < 1.29 is 14.3 Å². The number of nitrogens with zero attached hydrogens (tertiary/aromatic N) is 3. The maximum Gasteiger partial charge on any atom is 0.244 e. The first-order valence-electron chi connectivity index (χ1n) is 9.58. The third-order valence-electron chi connectivity index (χ3n) is 5.42. The third kappa shape index (κ3) is 3.55. The number of likely N-dealkylation sites (tertiary alicyclic amines) is 1. The summed E-state index contributed by atoms with van der Waals surface area (Å²) in [5.41, 5.74) is 1.48. The SMILES string of the molecule is COc1ccc(C2CCCN2C(=O)Cn2ncc(=O)c3ccccc32)c(OC)c1. The molecule has 0 bridgehead atoms. The van der Waals surface area contributed by atoms with E-state index in [1.165, 1.54) is 6.20 Å². The van der Waals surface area contributed by atoms with Crippen LogP contribution in [0.2, 0.25) is 0 Å².